The highest BCUT2D eigenvalue weighted by molar-refractivity contribution is 5.81. The molecule has 0 spiro atoms. The summed E-state index contributed by atoms with van der Waals surface area (Å²) in [5.74, 6) is 0. The molecule has 0 amide bonds. The fourth-order valence-electron chi connectivity index (χ4n) is 1.17. The highest BCUT2D eigenvalue weighted by Crippen LogP contribution is 2.24. The van der Waals surface area contributed by atoms with Crippen LogP contribution in [-0.2, 0) is 4.84 Å². The van der Waals surface area contributed by atoms with E-state index in [9.17, 15) is 8.78 Å². The van der Waals surface area contributed by atoms with Gasteiger partial charge in [-0.1, -0.05) is 29.4 Å². The predicted molar refractivity (Wildman–Crippen MR) is 53.1 cm³/mol. The van der Waals surface area contributed by atoms with Gasteiger partial charge in [0.25, 0.3) is 6.43 Å². The lowest BCUT2D eigenvalue weighted by atomic mass is 10.1. The maximum absolute atomic E-state index is 12.5. The Morgan fingerprint density at radius 2 is 2.07 bits per heavy atom. The summed E-state index contributed by atoms with van der Waals surface area (Å²) in [7, 11) is 0. The van der Waals surface area contributed by atoms with Crippen LogP contribution in [0.5, 0.6) is 0 Å². The zero-order valence-corrected chi connectivity index (χ0v) is 8.07. The van der Waals surface area contributed by atoms with Crippen LogP contribution in [0.15, 0.2) is 29.4 Å². The lowest BCUT2D eigenvalue weighted by Crippen LogP contribution is -1.94. The van der Waals surface area contributed by atoms with Gasteiger partial charge in [-0.05, 0) is 12.8 Å². The van der Waals surface area contributed by atoms with Gasteiger partial charge in [0.05, 0.1) is 6.21 Å². The quantitative estimate of drug-likeness (QED) is 0.553. The van der Waals surface area contributed by atoms with E-state index in [0.717, 1.165) is 12.8 Å². The van der Waals surface area contributed by atoms with Crippen LogP contribution in [0.3, 0.4) is 0 Å². The number of benzene rings is 1. The Morgan fingerprint density at radius 3 is 2.73 bits per heavy atom. The number of rotatable bonds is 4. The van der Waals surface area contributed by atoms with Crippen molar-refractivity contribution in [3.8, 4) is 0 Å². The molecule has 0 radical (unpaired) electrons. The second-order valence-corrected chi connectivity index (χ2v) is 3.47. The first-order valence-electron chi connectivity index (χ1n) is 4.83. The molecule has 2 nitrogen and oxygen atoms in total. The molecule has 0 saturated heterocycles. The van der Waals surface area contributed by atoms with Gasteiger partial charge in [0, 0.05) is 11.1 Å². The molecule has 1 aromatic carbocycles. The SMILES string of the molecule is FC(F)c1ccccc1C=NOC1CC1. The minimum atomic E-state index is -2.48. The molecule has 0 unspecified atom stereocenters. The Balaban J connectivity index is 2.07. The fourth-order valence-corrected chi connectivity index (χ4v) is 1.17. The molecule has 0 N–H and O–H groups in total. The topological polar surface area (TPSA) is 21.6 Å². The van der Waals surface area contributed by atoms with Crippen LogP contribution < -0.4 is 0 Å². The van der Waals surface area contributed by atoms with E-state index in [0.29, 0.717) is 5.56 Å². The Bertz CT molecular complexity index is 361. The van der Waals surface area contributed by atoms with Crippen molar-refractivity contribution in [3.05, 3.63) is 35.4 Å². The van der Waals surface area contributed by atoms with Gasteiger partial charge in [0.15, 0.2) is 0 Å². The molecule has 1 saturated carbocycles. The van der Waals surface area contributed by atoms with Gasteiger partial charge in [-0.25, -0.2) is 8.78 Å². The van der Waals surface area contributed by atoms with Crippen molar-refractivity contribution >= 4 is 6.21 Å². The molecule has 2 rings (SSSR count). The van der Waals surface area contributed by atoms with Crippen molar-refractivity contribution < 1.29 is 13.6 Å². The monoisotopic (exact) mass is 211 g/mol. The Labute approximate surface area is 86.5 Å². The van der Waals surface area contributed by atoms with Crippen molar-refractivity contribution in [3.63, 3.8) is 0 Å². The molecule has 1 aliphatic rings. The van der Waals surface area contributed by atoms with Crippen molar-refractivity contribution in [2.24, 2.45) is 5.16 Å². The lowest BCUT2D eigenvalue weighted by molar-refractivity contribution is 0.130. The van der Waals surface area contributed by atoms with E-state index in [-0.39, 0.29) is 11.7 Å². The van der Waals surface area contributed by atoms with Gasteiger partial charge in [-0.2, -0.15) is 0 Å². The second kappa shape index (κ2) is 4.38. The Kier molecular flexibility index (Phi) is 2.94. The number of hydrogen-bond acceptors (Lipinski definition) is 2. The second-order valence-electron chi connectivity index (χ2n) is 3.47. The molecule has 1 aromatic rings. The molecule has 1 fully saturated rings. The third-order valence-corrected chi connectivity index (χ3v) is 2.16. The Hall–Kier alpha value is -1.45. The number of hydrogen-bond donors (Lipinski definition) is 0. The largest absolute Gasteiger partial charge is 0.392 e. The van der Waals surface area contributed by atoms with Crippen LogP contribution in [0.25, 0.3) is 0 Å². The molecule has 0 bridgehead atoms. The average Bonchev–Trinajstić information content (AvgIpc) is 3.02. The van der Waals surface area contributed by atoms with E-state index in [1.165, 1.54) is 12.3 Å². The minimum Gasteiger partial charge on any atom is -0.392 e. The molecular weight excluding hydrogens is 200 g/mol. The maximum Gasteiger partial charge on any atom is 0.264 e. The normalized spacial score (nSPS) is 16.2. The lowest BCUT2D eigenvalue weighted by Gasteiger charge is -2.03. The third kappa shape index (κ3) is 2.75. The third-order valence-electron chi connectivity index (χ3n) is 2.16. The van der Waals surface area contributed by atoms with Crippen molar-refractivity contribution in [1.82, 2.24) is 0 Å². The maximum atomic E-state index is 12.5. The van der Waals surface area contributed by atoms with E-state index < -0.39 is 6.43 Å². The van der Waals surface area contributed by atoms with E-state index in [1.54, 1.807) is 18.2 Å². The van der Waals surface area contributed by atoms with Gasteiger partial charge < -0.3 is 4.84 Å². The molecule has 4 heteroatoms. The van der Waals surface area contributed by atoms with Crippen LogP contribution in [0.4, 0.5) is 8.78 Å². The van der Waals surface area contributed by atoms with E-state index in [2.05, 4.69) is 5.16 Å². The van der Waals surface area contributed by atoms with Crippen LogP contribution >= 0.6 is 0 Å². The molecule has 0 atom stereocenters. The number of oxime groups is 1. The zero-order valence-electron chi connectivity index (χ0n) is 8.07. The van der Waals surface area contributed by atoms with E-state index in [4.69, 9.17) is 4.84 Å². The van der Waals surface area contributed by atoms with Crippen molar-refractivity contribution in [1.29, 1.82) is 0 Å². The molecular formula is C11H11F2NO. The highest BCUT2D eigenvalue weighted by Gasteiger charge is 2.23. The summed E-state index contributed by atoms with van der Waals surface area (Å²) < 4.78 is 25.0. The van der Waals surface area contributed by atoms with Crippen LogP contribution in [0.2, 0.25) is 0 Å². The summed E-state index contributed by atoms with van der Waals surface area (Å²) in [4.78, 5) is 5.02. The summed E-state index contributed by atoms with van der Waals surface area (Å²) >= 11 is 0. The zero-order chi connectivity index (χ0) is 10.7. The standard InChI is InChI=1S/C11H11F2NO/c12-11(13)10-4-2-1-3-8(10)7-14-15-9-5-6-9/h1-4,7,9,11H,5-6H2. The predicted octanol–water partition coefficient (Wildman–Crippen LogP) is 3.14. The molecule has 15 heavy (non-hydrogen) atoms. The van der Waals surface area contributed by atoms with E-state index in [1.807, 2.05) is 0 Å². The molecule has 0 aliphatic heterocycles. The van der Waals surface area contributed by atoms with Crippen molar-refractivity contribution in [2.75, 3.05) is 0 Å². The first kappa shape index (κ1) is 10.1. The van der Waals surface area contributed by atoms with E-state index >= 15 is 0 Å². The van der Waals surface area contributed by atoms with Crippen LogP contribution in [-0.4, -0.2) is 12.3 Å². The average molecular weight is 211 g/mol. The van der Waals surface area contributed by atoms with Gasteiger partial charge in [0.1, 0.15) is 6.10 Å². The van der Waals surface area contributed by atoms with Crippen LogP contribution in [0, 0.1) is 0 Å². The summed E-state index contributed by atoms with van der Waals surface area (Å²) in [5, 5.41) is 3.69. The van der Waals surface area contributed by atoms with Gasteiger partial charge in [-0.3, -0.25) is 0 Å². The number of halogens is 2. The minimum absolute atomic E-state index is 0.0133. The summed E-state index contributed by atoms with van der Waals surface area (Å²) in [5.41, 5.74) is 0.397. The molecule has 1 aliphatic carbocycles. The van der Waals surface area contributed by atoms with Crippen molar-refractivity contribution in [2.45, 2.75) is 25.4 Å². The molecule has 0 aromatic heterocycles. The molecule has 0 heterocycles. The Morgan fingerprint density at radius 1 is 1.33 bits per heavy atom. The highest BCUT2D eigenvalue weighted by atomic mass is 19.3. The summed E-state index contributed by atoms with van der Waals surface area (Å²) in [6, 6.07) is 6.27. The van der Waals surface area contributed by atoms with Gasteiger partial charge >= 0.3 is 0 Å². The smallest absolute Gasteiger partial charge is 0.264 e. The fraction of sp³-hybridized carbons (Fsp3) is 0.364. The van der Waals surface area contributed by atoms with Gasteiger partial charge in [-0.15, -0.1) is 0 Å². The molecule has 80 valence electrons. The summed E-state index contributed by atoms with van der Waals surface area (Å²) in [6.45, 7) is 0. The number of alkyl halides is 2. The van der Waals surface area contributed by atoms with Gasteiger partial charge in [0.2, 0.25) is 0 Å². The first-order valence-corrected chi connectivity index (χ1v) is 4.83. The first-order chi connectivity index (χ1) is 7.27. The number of nitrogens with zero attached hydrogens (tertiary/aromatic N) is 1. The van der Waals surface area contributed by atoms with Crippen LogP contribution in [0.1, 0.15) is 30.4 Å². The summed E-state index contributed by atoms with van der Waals surface area (Å²) in [6.07, 6.45) is 1.08.